The van der Waals surface area contributed by atoms with Gasteiger partial charge in [0.1, 0.15) is 10.9 Å². The van der Waals surface area contributed by atoms with Gasteiger partial charge in [-0.25, -0.2) is 9.78 Å². The Kier molecular flexibility index (Phi) is 5.36. The van der Waals surface area contributed by atoms with Gasteiger partial charge in [0.15, 0.2) is 5.69 Å². The molecule has 2 aromatic rings. The minimum Gasteiger partial charge on any atom is -0.422 e. The standard InChI is InChI=1S/C12H4Cl4INO2/c13-7-8(14)10(18-11(16)9(7)15)12(19)20-6-3-1-5(17)2-4-6/h1-4H. The molecule has 1 aromatic heterocycles. The van der Waals surface area contributed by atoms with Crippen LogP contribution >= 0.6 is 69.0 Å². The van der Waals surface area contributed by atoms with Crippen LogP contribution in [0.5, 0.6) is 5.75 Å². The topological polar surface area (TPSA) is 39.2 Å². The van der Waals surface area contributed by atoms with Gasteiger partial charge in [0.2, 0.25) is 0 Å². The smallest absolute Gasteiger partial charge is 0.364 e. The van der Waals surface area contributed by atoms with Crippen molar-refractivity contribution >= 4 is 75.0 Å². The second kappa shape index (κ2) is 6.66. The molecule has 0 aliphatic carbocycles. The summed E-state index contributed by atoms with van der Waals surface area (Å²) in [6, 6.07) is 6.87. The monoisotopic (exact) mass is 461 g/mol. The molecule has 0 bridgehead atoms. The van der Waals surface area contributed by atoms with Gasteiger partial charge < -0.3 is 4.74 Å². The van der Waals surface area contributed by atoms with Crippen molar-refractivity contribution < 1.29 is 9.53 Å². The highest BCUT2D eigenvalue weighted by Crippen LogP contribution is 2.36. The number of hydrogen-bond acceptors (Lipinski definition) is 3. The lowest BCUT2D eigenvalue weighted by atomic mass is 10.3. The molecule has 0 N–H and O–H groups in total. The fourth-order valence-electron chi connectivity index (χ4n) is 1.28. The number of nitrogens with zero attached hydrogens (tertiary/aromatic N) is 1. The van der Waals surface area contributed by atoms with E-state index in [0.29, 0.717) is 5.75 Å². The van der Waals surface area contributed by atoms with Crippen molar-refractivity contribution in [2.45, 2.75) is 0 Å². The zero-order valence-electron chi connectivity index (χ0n) is 9.46. The molecule has 0 unspecified atom stereocenters. The fraction of sp³-hybridized carbons (Fsp3) is 0. The van der Waals surface area contributed by atoms with E-state index in [9.17, 15) is 4.79 Å². The number of rotatable bonds is 2. The molecule has 0 radical (unpaired) electrons. The summed E-state index contributed by atoms with van der Waals surface area (Å²) < 4.78 is 6.15. The molecule has 0 atom stereocenters. The van der Waals surface area contributed by atoms with Crippen LogP contribution in [-0.4, -0.2) is 11.0 Å². The maximum atomic E-state index is 12.0. The summed E-state index contributed by atoms with van der Waals surface area (Å²) in [6.45, 7) is 0. The first-order chi connectivity index (χ1) is 9.40. The van der Waals surface area contributed by atoms with Crippen molar-refractivity contribution in [3.8, 4) is 5.75 Å². The van der Waals surface area contributed by atoms with Crippen LogP contribution in [0.1, 0.15) is 10.5 Å². The molecule has 104 valence electrons. The van der Waals surface area contributed by atoms with E-state index in [2.05, 4.69) is 27.6 Å². The fourth-order valence-corrected chi connectivity index (χ4v) is 2.45. The number of carbonyl (C=O) groups is 1. The second-order valence-corrected chi connectivity index (χ2v) is 6.27. The Bertz CT molecular complexity index is 676. The van der Waals surface area contributed by atoms with Gasteiger partial charge in [-0.2, -0.15) is 0 Å². The molecule has 0 spiro atoms. The van der Waals surface area contributed by atoms with Gasteiger partial charge in [-0.1, -0.05) is 46.4 Å². The molecule has 8 heteroatoms. The lowest BCUT2D eigenvalue weighted by molar-refractivity contribution is 0.0729. The Morgan fingerprint density at radius 3 is 2.20 bits per heavy atom. The lowest BCUT2D eigenvalue weighted by Crippen LogP contribution is -2.12. The Morgan fingerprint density at radius 2 is 1.60 bits per heavy atom. The lowest BCUT2D eigenvalue weighted by Gasteiger charge is -2.08. The number of benzene rings is 1. The van der Waals surface area contributed by atoms with Crippen molar-refractivity contribution in [2.75, 3.05) is 0 Å². The first-order valence-corrected chi connectivity index (χ1v) is 7.67. The summed E-state index contributed by atoms with van der Waals surface area (Å²) >= 11 is 25.4. The van der Waals surface area contributed by atoms with Crippen molar-refractivity contribution in [1.29, 1.82) is 0 Å². The maximum Gasteiger partial charge on any atom is 0.364 e. The van der Waals surface area contributed by atoms with Crippen LogP contribution in [0.3, 0.4) is 0 Å². The summed E-state index contributed by atoms with van der Waals surface area (Å²) in [4.78, 5) is 15.8. The first-order valence-electron chi connectivity index (χ1n) is 5.08. The minimum absolute atomic E-state index is 0.0100. The molecule has 0 aliphatic rings. The SMILES string of the molecule is O=C(Oc1ccc(I)cc1)c1nc(Cl)c(Cl)c(Cl)c1Cl. The van der Waals surface area contributed by atoms with Crippen LogP contribution in [0.4, 0.5) is 0 Å². The third-order valence-electron chi connectivity index (χ3n) is 2.20. The van der Waals surface area contributed by atoms with Crippen LogP contribution in [0, 0.1) is 3.57 Å². The number of ether oxygens (including phenoxy) is 1. The van der Waals surface area contributed by atoms with E-state index < -0.39 is 5.97 Å². The molecule has 0 fully saturated rings. The zero-order valence-corrected chi connectivity index (χ0v) is 14.6. The van der Waals surface area contributed by atoms with Gasteiger partial charge >= 0.3 is 5.97 Å². The summed E-state index contributed by atoms with van der Waals surface area (Å²) in [6.07, 6.45) is 0. The summed E-state index contributed by atoms with van der Waals surface area (Å²) in [5.74, 6) is -0.410. The Balaban J connectivity index is 2.32. The van der Waals surface area contributed by atoms with Crippen LogP contribution in [0.25, 0.3) is 0 Å². The van der Waals surface area contributed by atoms with Crippen LogP contribution in [0.15, 0.2) is 24.3 Å². The van der Waals surface area contributed by atoms with Crippen molar-refractivity contribution in [3.05, 3.63) is 53.8 Å². The van der Waals surface area contributed by atoms with Gasteiger partial charge in [-0.15, -0.1) is 0 Å². The Labute approximate surface area is 148 Å². The van der Waals surface area contributed by atoms with E-state index in [0.717, 1.165) is 3.57 Å². The molecule has 0 saturated heterocycles. The number of aromatic nitrogens is 1. The first kappa shape index (κ1) is 16.1. The van der Waals surface area contributed by atoms with Gasteiger partial charge in [-0.3, -0.25) is 0 Å². The van der Waals surface area contributed by atoms with E-state index in [1.54, 1.807) is 24.3 Å². The summed E-state index contributed by atoms with van der Waals surface area (Å²) in [5, 5.41) is -0.265. The predicted octanol–water partition coefficient (Wildman–Crippen LogP) is 5.52. The number of esters is 1. The number of halogens is 5. The third kappa shape index (κ3) is 3.49. The minimum atomic E-state index is -0.767. The highest BCUT2D eigenvalue weighted by Gasteiger charge is 2.21. The predicted molar refractivity (Wildman–Crippen MR) is 88.4 cm³/mol. The van der Waals surface area contributed by atoms with Crippen LogP contribution in [-0.2, 0) is 0 Å². The van der Waals surface area contributed by atoms with Crippen LogP contribution in [0.2, 0.25) is 20.2 Å². The largest absolute Gasteiger partial charge is 0.422 e. The van der Waals surface area contributed by atoms with Gasteiger partial charge in [0.25, 0.3) is 0 Å². The van der Waals surface area contributed by atoms with Crippen molar-refractivity contribution in [2.24, 2.45) is 0 Å². The normalized spacial score (nSPS) is 10.4. The van der Waals surface area contributed by atoms with E-state index in [4.69, 9.17) is 51.1 Å². The molecule has 3 nitrogen and oxygen atoms in total. The Morgan fingerprint density at radius 1 is 1.00 bits per heavy atom. The molecule has 1 aromatic carbocycles. The van der Waals surface area contributed by atoms with Gasteiger partial charge in [0, 0.05) is 3.57 Å². The van der Waals surface area contributed by atoms with E-state index >= 15 is 0 Å². The van der Waals surface area contributed by atoms with E-state index in [-0.39, 0.29) is 25.9 Å². The number of hydrogen-bond donors (Lipinski definition) is 0. The summed E-state index contributed by atoms with van der Waals surface area (Å²) in [5.41, 5.74) is -0.190. The molecular formula is C12H4Cl4INO2. The second-order valence-electron chi connectivity index (χ2n) is 3.54. The van der Waals surface area contributed by atoms with Crippen molar-refractivity contribution in [3.63, 3.8) is 0 Å². The summed E-state index contributed by atoms with van der Waals surface area (Å²) in [7, 11) is 0. The maximum absolute atomic E-state index is 12.0. The Hall–Kier alpha value is -0.270. The van der Waals surface area contributed by atoms with E-state index in [1.807, 2.05) is 0 Å². The van der Waals surface area contributed by atoms with Gasteiger partial charge in [-0.05, 0) is 46.9 Å². The quantitative estimate of drug-likeness (QED) is 0.255. The highest BCUT2D eigenvalue weighted by molar-refractivity contribution is 14.1. The molecule has 1 heterocycles. The molecule has 0 amide bonds. The van der Waals surface area contributed by atoms with Crippen LogP contribution < -0.4 is 4.74 Å². The molecule has 0 aliphatic heterocycles. The van der Waals surface area contributed by atoms with E-state index in [1.165, 1.54) is 0 Å². The average Bonchev–Trinajstić information content (AvgIpc) is 2.43. The average molecular weight is 463 g/mol. The highest BCUT2D eigenvalue weighted by atomic mass is 127. The number of pyridine rings is 1. The van der Waals surface area contributed by atoms with Crippen molar-refractivity contribution in [1.82, 2.24) is 4.98 Å². The molecule has 2 rings (SSSR count). The van der Waals surface area contributed by atoms with Gasteiger partial charge in [0.05, 0.1) is 15.1 Å². The molecule has 0 saturated carbocycles. The molecular weight excluding hydrogens is 459 g/mol. The zero-order chi connectivity index (χ0) is 14.9. The number of carbonyl (C=O) groups excluding carboxylic acids is 1. The molecule has 20 heavy (non-hydrogen) atoms. The third-order valence-corrected chi connectivity index (χ3v) is 4.60.